The summed E-state index contributed by atoms with van der Waals surface area (Å²) in [5.74, 6) is 1.44. The maximum absolute atomic E-state index is 9.31. The summed E-state index contributed by atoms with van der Waals surface area (Å²) in [6.07, 6.45) is 0.214. The van der Waals surface area contributed by atoms with Crippen molar-refractivity contribution in [1.82, 2.24) is 0 Å². The Kier molecular flexibility index (Phi) is 103. The van der Waals surface area contributed by atoms with Crippen molar-refractivity contribution in [3.05, 3.63) is 37.1 Å². The first-order valence-corrected chi connectivity index (χ1v) is 8.14. The Hall–Kier alpha value is 4.42. The zero-order chi connectivity index (χ0) is 17.3. The van der Waals surface area contributed by atoms with Crippen LogP contribution >= 0.6 is 46.4 Å². The van der Waals surface area contributed by atoms with Crippen molar-refractivity contribution in [3.63, 3.8) is 0 Å². The van der Waals surface area contributed by atoms with Crippen LogP contribution < -0.4 is 0 Å². The molecule has 0 saturated carbocycles. The normalized spacial score (nSPS) is 9.26. The number of rotatable bonds is 8. The fourth-order valence-electron chi connectivity index (χ4n) is 0.884. The first-order chi connectivity index (χ1) is 9.82. The molecule has 159 valence electrons. The van der Waals surface area contributed by atoms with E-state index in [1.807, 2.05) is 0 Å². The van der Waals surface area contributed by atoms with Gasteiger partial charge in [0.25, 0.3) is 0 Å². The molecule has 0 bridgehead atoms. The van der Waals surface area contributed by atoms with Gasteiger partial charge in [0.1, 0.15) is 0 Å². The van der Waals surface area contributed by atoms with Gasteiger partial charge in [0.2, 0.25) is 0 Å². The predicted octanol–water partition coefficient (Wildman–Crippen LogP) is 6.14. The zero-order valence-electron chi connectivity index (χ0n) is 13.7. The minimum atomic E-state index is -0.648. The van der Waals surface area contributed by atoms with Crippen molar-refractivity contribution >= 4 is 46.4 Å². The van der Waals surface area contributed by atoms with Crippen molar-refractivity contribution < 1.29 is 148 Å². The number of alkyl halides is 4. The monoisotopic (exact) mass is 1110 g/mol. The van der Waals surface area contributed by atoms with Gasteiger partial charge in [-0.05, 0) is 12.0 Å². The Morgan fingerprint density at radius 3 is 1.26 bits per heavy atom. The van der Waals surface area contributed by atoms with Crippen molar-refractivity contribution in [1.29, 1.82) is 0 Å². The molecular weight excluding hydrogens is 1070 g/mol. The molecule has 27 heavy (non-hydrogen) atoms. The Morgan fingerprint density at radius 1 is 0.778 bits per heavy atom. The molecule has 0 aliphatic heterocycles. The van der Waals surface area contributed by atoms with Crippen LogP contribution in [-0.4, -0.2) is 51.0 Å². The minimum Gasteiger partial charge on any atom is -0.516 e. The Morgan fingerprint density at radius 2 is 1.07 bits per heavy atom. The van der Waals surface area contributed by atoms with Crippen molar-refractivity contribution in [3.8, 4) is 0 Å². The second kappa shape index (κ2) is 48.0. The van der Waals surface area contributed by atoms with E-state index in [-0.39, 0.29) is 167 Å². The van der Waals surface area contributed by atoms with E-state index in [1.54, 1.807) is 0 Å². The number of aliphatic hydroxyl groups excluding tert-OH is 3. The molecule has 0 saturated heterocycles. The largest absolute Gasteiger partial charge is 0.516 e. The summed E-state index contributed by atoms with van der Waals surface area (Å²) in [5, 5.41) is 25.7. The molecule has 0 amide bonds. The maximum atomic E-state index is 9.31. The van der Waals surface area contributed by atoms with Crippen molar-refractivity contribution in [2.75, 3.05) is 23.5 Å². The molecule has 3 nitrogen and oxygen atoms in total. The van der Waals surface area contributed by atoms with Gasteiger partial charge >= 0.3 is 0 Å². The van der Waals surface area contributed by atoms with E-state index in [0.29, 0.717) is 24.1 Å². The maximum Gasteiger partial charge on any atom is 0.0719 e. The van der Waals surface area contributed by atoms with E-state index < -0.39 is 12.2 Å². The van der Waals surface area contributed by atoms with Gasteiger partial charge in [-0.3, -0.25) is 0 Å². The SMILES string of the molecule is C.C.C.C=C(CCl)CC(O)CC(O)CCl.C=C(CCl)CCl.C=CO.[Ac].[Ac].[Ac]. The Balaban J connectivity index is -0.0000000271. The first kappa shape index (κ1) is 57.8. The predicted molar refractivity (Wildman–Crippen MR) is 115 cm³/mol. The molecule has 0 aliphatic carbocycles. The van der Waals surface area contributed by atoms with Crippen LogP contribution in [0.15, 0.2) is 37.1 Å². The molecule has 0 spiro atoms. The number of hydrogen-bond acceptors (Lipinski definition) is 3. The van der Waals surface area contributed by atoms with Gasteiger partial charge in [-0.1, -0.05) is 47.6 Å². The first-order valence-electron chi connectivity index (χ1n) is 6.01. The van der Waals surface area contributed by atoms with Gasteiger partial charge in [-0.2, -0.15) is 0 Å². The van der Waals surface area contributed by atoms with Gasteiger partial charge < -0.3 is 15.3 Å². The van der Waals surface area contributed by atoms with Crippen LogP contribution in [0.1, 0.15) is 35.1 Å². The topological polar surface area (TPSA) is 60.7 Å². The smallest absolute Gasteiger partial charge is 0.0719 e. The molecule has 3 radical (unpaired) electrons. The zero-order valence-corrected chi connectivity index (χ0v) is 30.9. The van der Waals surface area contributed by atoms with Crippen LogP contribution in [0.5, 0.6) is 0 Å². The van der Waals surface area contributed by atoms with Gasteiger partial charge in [0.15, 0.2) is 0 Å². The fourth-order valence-corrected chi connectivity index (χ4v) is 1.40. The molecule has 2 unspecified atom stereocenters. The number of aliphatic hydroxyl groups is 3. The number of hydrogen-bond donors (Lipinski definition) is 3. The van der Waals surface area contributed by atoms with Crippen LogP contribution in [0.3, 0.4) is 0 Å². The third-order valence-electron chi connectivity index (χ3n) is 1.81. The standard InChI is InChI=1S/C8H14Cl2O2.C4H6Cl2.C2H4O.3CH4.3Ac/c1-6(4-9)2-7(11)3-8(12)5-10;1-4(2-5)3-6;1-2-3;;;;;;/h7-8,11-12H,1-5H2;1-3H2;2-3H,1H2;3*1H4;;;. The van der Waals surface area contributed by atoms with E-state index >= 15 is 0 Å². The van der Waals surface area contributed by atoms with Crippen LogP contribution in [-0.2, 0) is 0 Å². The summed E-state index contributed by atoms with van der Waals surface area (Å²) >= 11 is 21.4. The van der Waals surface area contributed by atoms with Crippen LogP contribution in [0.25, 0.3) is 0 Å². The van der Waals surface area contributed by atoms with Crippen LogP contribution in [0, 0.1) is 132 Å². The molecule has 0 aromatic heterocycles. The second-order valence-electron chi connectivity index (χ2n) is 3.99. The second-order valence-corrected chi connectivity index (χ2v) is 5.10. The summed E-state index contributed by atoms with van der Waals surface area (Å²) in [6.45, 7) is 10.1. The molecule has 0 aromatic carbocycles. The summed E-state index contributed by atoms with van der Waals surface area (Å²) in [7, 11) is 0. The molecular formula is C17H36Ac3Cl4O3. The van der Waals surface area contributed by atoms with E-state index in [1.165, 1.54) is 0 Å². The van der Waals surface area contributed by atoms with E-state index in [4.69, 9.17) is 56.6 Å². The quantitative estimate of drug-likeness (QED) is 0.156. The summed E-state index contributed by atoms with van der Waals surface area (Å²) in [4.78, 5) is 0. The van der Waals surface area contributed by atoms with Gasteiger partial charge in [0, 0.05) is 162 Å². The summed E-state index contributed by atoms with van der Waals surface area (Å²) in [6, 6.07) is 0. The van der Waals surface area contributed by atoms with E-state index in [9.17, 15) is 5.11 Å². The van der Waals surface area contributed by atoms with Crippen molar-refractivity contribution in [2.45, 2.75) is 47.3 Å². The molecule has 2 atom stereocenters. The molecule has 10 heteroatoms. The number of allylic oxidation sites excluding steroid dienone is 1. The minimum absolute atomic E-state index is 0. The molecule has 0 fully saturated rings. The van der Waals surface area contributed by atoms with Crippen LogP contribution in [0.2, 0.25) is 0 Å². The summed E-state index contributed by atoms with van der Waals surface area (Å²) < 4.78 is 0. The Labute approximate surface area is 295 Å². The molecule has 0 aliphatic rings. The molecule has 3 N–H and O–H groups in total. The average molecular weight is 1110 g/mol. The third kappa shape index (κ3) is 58.9. The summed E-state index contributed by atoms with van der Waals surface area (Å²) in [5.41, 5.74) is 1.64. The molecule has 0 rings (SSSR count). The van der Waals surface area contributed by atoms with Gasteiger partial charge in [-0.25, -0.2) is 0 Å². The average Bonchev–Trinajstić information content (AvgIpc) is 2.47. The van der Waals surface area contributed by atoms with Gasteiger partial charge in [-0.15, -0.1) is 46.4 Å². The van der Waals surface area contributed by atoms with E-state index in [0.717, 1.165) is 17.4 Å². The van der Waals surface area contributed by atoms with Gasteiger partial charge in [0.05, 0.1) is 18.5 Å². The van der Waals surface area contributed by atoms with E-state index in [2.05, 4.69) is 19.7 Å². The fraction of sp³-hybridized carbons (Fsp3) is 0.647. The number of halogens is 4. The Bertz CT molecular complexity index is 282. The van der Waals surface area contributed by atoms with Crippen LogP contribution in [0.4, 0.5) is 0 Å². The molecule has 0 heterocycles. The van der Waals surface area contributed by atoms with Crippen molar-refractivity contribution in [2.24, 2.45) is 0 Å². The third-order valence-corrected chi connectivity index (χ3v) is 3.30. The molecule has 0 aromatic rings.